The van der Waals surface area contributed by atoms with Crippen LogP contribution >= 0.6 is 11.8 Å². The Kier molecular flexibility index (Phi) is 5.46. The third kappa shape index (κ3) is 4.65. The summed E-state index contributed by atoms with van der Waals surface area (Å²) in [5.41, 5.74) is -1.76. The predicted molar refractivity (Wildman–Crippen MR) is 96.0 cm³/mol. The van der Waals surface area contributed by atoms with Crippen LogP contribution < -0.4 is 10.6 Å². The van der Waals surface area contributed by atoms with Gasteiger partial charge in [0, 0.05) is 23.1 Å². The molecule has 29 heavy (non-hydrogen) atoms. The number of benzene rings is 2. The van der Waals surface area contributed by atoms with E-state index in [-0.39, 0.29) is 17.8 Å². The van der Waals surface area contributed by atoms with Crippen molar-refractivity contribution < 1.29 is 32.1 Å². The van der Waals surface area contributed by atoms with Crippen LogP contribution in [0.15, 0.2) is 41.3 Å². The molecule has 1 aliphatic rings. The van der Waals surface area contributed by atoms with Crippen molar-refractivity contribution in [2.45, 2.75) is 22.7 Å². The zero-order valence-corrected chi connectivity index (χ0v) is 15.1. The van der Waals surface area contributed by atoms with Crippen LogP contribution in [0.25, 0.3) is 0 Å². The molecule has 12 heteroatoms. The van der Waals surface area contributed by atoms with Crippen molar-refractivity contribution in [1.29, 1.82) is 0 Å². The number of nitrogens with one attached hydrogen (secondary N) is 2. The average molecular weight is 429 g/mol. The number of thioether (sulfide) groups is 1. The minimum atomic E-state index is -4.56. The molecule has 7 nitrogen and oxygen atoms in total. The molecule has 0 aliphatic carbocycles. The molecule has 0 radical (unpaired) electrons. The quantitative estimate of drug-likeness (QED) is 0.431. The second-order valence-electron chi connectivity index (χ2n) is 5.98. The van der Waals surface area contributed by atoms with Gasteiger partial charge in [-0.05, 0) is 30.3 Å². The maximum atomic E-state index is 13.3. The summed E-state index contributed by atoms with van der Waals surface area (Å²) in [6.45, 7) is 0. The van der Waals surface area contributed by atoms with Crippen LogP contribution in [0.5, 0.6) is 0 Å². The Labute approximate surface area is 164 Å². The number of anilines is 2. The number of hydrogen-bond acceptors (Lipinski definition) is 5. The number of nitro groups is 1. The number of halogens is 4. The fourth-order valence-corrected chi connectivity index (χ4v) is 3.66. The van der Waals surface area contributed by atoms with Crippen LogP contribution in [-0.4, -0.2) is 22.0 Å². The van der Waals surface area contributed by atoms with E-state index in [4.69, 9.17) is 0 Å². The highest BCUT2D eigenvalue weighted by Gasteiger charge is 2.34. The van der Waals surface area contributed by atoms with Crippen LogP contribution in [0.2, 0.25) is 0 Å². The lowest BCUT2D eigenvalue weighted by Crippen LogP contribution is -2.32. The fourth-order valence-electron chi connectivity index (χ4n) is 2.57. The molecule has 1 unspecified atom stereocenters. The molecule has 1 atom stereocenters. The van der Waals surface area contributed by atoms with Crippen molar-refractivity contribution in [3.63, 3.8) is 0 Å². The molecule has 1 aliphatic heterocycles. The lowest BCUT2D eigenvalue weighted by atomic mass is 10.1. The van der Waals surface area contributed by atoms with Gasteiger partial charge in [-0.1, -0.05) is 0 Å². The Morgan fingerprint density at radius 2 is 1.97 bits per heavy atom. The van der Waals surface area contributed by atoms with Gasteiger partial charge in [0.2, 0.25) is 17.6 Å². The first-order valence-electron chi connectivity index (χ1n) is 7.97. The molecule has 2 amide bonds. The van der Waals surface area contributed by atoms with Crippen LogP contribution in [0.3, 0.4) is 0 Å². The van der Waals surface area contributed by atoms with Gasteiger partial charge >= 0.3 is 11.9 Å². The molecular formula is C17H11F4N3O4S. The summed E-state index contributed by atoms with van der Waals surface area (Å²) in [5.74, 6) is -2.39. The lowest BCUT2D eigenvalue weighted by molar-refractivity contribution is -0.387. The van der Waals surface area contributed by atoms with Gasteiger partial charge in [0.05, 0.1) is 21.4 Å². The summed E-state index contributed by atoms with van der Waals surface area (Å²) < 4.78 is 51.7. The fraction of sp³-hybridized carbons (Fsp3) is 0.176. The first kappa shape index (κ1) is 20.6. The number of fused-ring (bicyclic) bond motifs is 1. The zero-order chi connectivity index (χ0) is 21.3. The van der Waals surface area contributed by atoms with E-state index in [1.807, 2.05) is 0 Å². The molecule has 2 N–H and O–H groups in total. The lowest BCUT2D eigenvalue weighted by Gasteiger charge is -2.24. The molecule has 3 rings (SSSR count). The first-order valence-corrected chi connectivity index (χ1v) is 8.85. The number of amides is 2. The summed E-state index contributed by atoms with van der Waals surface area (Å²) in [6, 6.07) is 5.69. The maximum absolute atomic E-state index is 13.3. The van der Waals surface area contributed by atoms with Crippen molar-refractivity contribution in [1.82, 2.24) is 0 Å². The summed E-state index contributed by atoms with van der Waals surface area (Å²) in [7, 11) is 0. The van der Waals surface area contributed by atoms with E-state index in [0.717, 1.165) is 42.1 Å². The average Bonchev–Trinajstić information content (AvgIpc) is 2.62. The molecular weight excluding hydrogens is 418 g/mol. The molecule has 0 saturated heterocycles. The largest absolute Gasteiger partial charge is 0.416 e. The van der Waals surface area contributed by atoms with Gasteiger partial charge in [-0.15, -0.1) is 11.8 Å². The van der Waals surface area contributed by atoms with Crippen molar-refractivity contribution in [2.24, 2.45) is 0 Å². The summed E-state index contributed by atoms with van der Waals surface area (Å²) in [4.78, 5) is 34.5. The standard InChI is InChI=1S/C17H11F4N3O4S/c18-10-3-2-9(6-12(10)24(27)28)22-15(25)7-14-16(26)23-11-5-8(17(19,20)21)1-4-13(11)29-14/h1-6,14H,7H2,(H,22,25)(H,23,26). The van der Waals surface area contributed by atoms with Crippen molar-refractivity contribution in [3.05, 3.63) is 57.9 Å². The van der Waals surface area contributed by atoms with E-state index in [9.17, 15) is 37.3 Å². The molecule has 2 aromatic rings. The highest BCUT2D eigenvalue weighted by Crippen LogP contribution is 2.40. The number of hydrogen-bond donors (Lipinski definition) is 2. The zero-order valence-electron chi connectivity index (χ0n) is 14.2. The molecule has 1 heterocycles. The van der Waals surface area contributed by atoms with Gasteiger partial charge in [0.25, 0.3) is 0 Å². The Hall–Kier alpha value is -3.15. The predicted octanol–water partition coefficient (Wildman–Crippen LogP) is 4.19. The molecule has 2 aromatic carbocycles. The van der Waals surface area contributed by atoms with E-state index in [0.29, 0.717) is 4.90 Å². The number of carbonyl (C=O) groups is 2. The monoisotopic (exact) mass is 429 g/mol. The number of alkyl halides is 3. The first-order chi connectivity index (χ1) is 13.5. The molecule has 152 valence electrons. The van der Waals surface area contributed by atoms with E-state index in [2.05, 4.69) is 10.6 Å². The van der Waals surface area contributed by atoms with Gasteiger partial charge < -0.3 is 10.6 Å². The second kappa shape index (κ2) is 7.70. The Morgan fingerprint density at radius 1 is 1.24 bits per heavy atom. The Bertz CT molecular complexity index is 1010. The number of carbonyl (C=O) groups excluding carboxylic acids is 2. The normalized spacial score (nSPS) is 16.0. The minimum absolute atomic E-state index is 0.000595. The molecule has 0 aromatic heterocycles. The van der Waals surface area contributed by atoms with E-state index in [1.54, 1.807) is 0 Å². The summed E-state index contributed by atoms with van der Waals surface area (Å²) >= 11 is 0.925. The highest BCUT2D eigenvalue weighted by molar-refractivity contribution is 8.01. The van der Waals surface area contributed by atoms with E-state index >= 15 is 0 Å². The molecule has 0 bridgehead atoms. The van der Waals surface area contributed by atoms with E-state index in [1.165, 1.54) is 6.07 Å². The van der Waals surface area contributed by atoms with Gasteiger partial charge in [-0.25, -0.2) is 0 Å². The number of nitrogens with zero attached hydrogens (tertiary/aromatic N) is 1. The van der Waals surface area contributed by atoms with Crippen molar-refractivity contribution >= 4 is 40.6 Å². The second-order valence-corrected chi connectivity index (χ2v) is 7.22. The number of nitro benzene ring substituents is 1. The Morgan fingerprint density at radius 3 is 2.62 bits per heavy atom. The maximum Gasteiger partial charge on any atom is 0.416 e. The van der Waals surface area contributed by atoms with Crippen molar-refractivity contribution in [2.75, 3.05) is 10.6 Å². The molecule has 0 spiro atoms. The van der Waals surface area contributed by atoms with Gasteiger partial charge in [0.1, 0.15) is 0 Å². The van der Waals surface area contributed by atoms with E-state index < -0.39 is 45.2 Å². The molecule has 0 fully saturated rings. The summed E-state index contributed by atoms with van der Waals surface area (Å²) in [6.07, 6.45) is -4.90. The minimum Gasteiger partial charge on any atom is -0.326 e. The van der Waals surface area contributed by atoms with Crippen LogP contribution in [0, 0.1) is 15.9 Å². The third-order valence-electron chi connectivity index (χ3n) is 3.92. The topological polar surface area (TPSA) is 101 Å². The Balaban J connectivity index is 1.70. The van der Waals surface area contributed by atoms with Gasteiger partial charge in [-0.3, -0.25) is 19.7 Å². The third-order valence-corrected chi connectivity index (χ3v) is 5.20. The highest BCUT2D eigenvalue weighted by atomic mass is 32.2. The number of rotatable bonds is 4. The van der Waals surface area contributed by atoms with Crippen LogP contribution in [-0.2, 0) is 15.8 Å². The van der Waals surface area contributed by atoms with Gasteiger partial charge in [0.15, 0.2) is 0 Å². The van der Waals surface area contributed by atoms with Crippen LogP contribution in [0.4, 0.5) is 34.6 Å². The molecule has 0 saturated carbocycles. The summed E-state index contributed by atoms with van der Waals surface area (Å²) in [5, 5.41) is 14.5. The smallest absolute Gasteiger partial charge is 0.326 e. The SMILES string of the molecule is O=C(CC1Sc2ccc(C(F)(F)F)cc2NC1=O)Nc1ccc(F)c([N+](=O)[O-])c1. The van der Waals surface area contributed by atoms with Crippen molar-refractivity contribution in [3.8, 4) is 0 Å². The van der Waals surface area contributed by atoms with Gasteiger partial charge in [-0.2, -0.15) is 17.6 Å². The van der Waals surface area contributed by atoms with Crippen LogP contribution in [0.1, 0.15) is 12.0 Å².